The maximum absolute atomic E-state index is 12.1. The van der Waals surface area contributed by atoms with Crippen LogP contribution in [-0.2, 0) is 14.3 Å². The van der Waals surface area contributed by atoms with Gasteiger partial charge in [0.1, 0.15) is 16.5 Å². The molecule has 1 atom stereocenters. The van der Waals surface area contributed by atoms with Crippen molar-refractivity contribution in [1.29, 1.82) is 0 Å². The molecule has 0 aliphatic heterocycles. The van der Waals surface area contributed by atoms with Gasteiger partial charge in [0, 0.05) is 0 Å². The Morgan fingerprint density at radius 1 is 1.12 bits per heavy atom. The Bertz CT molecular complexity index is 844. The van der Waals surface area contributed by atoms with E-state index in [1.54, 1.807) is 36.4 Å². The van der Waals surface area contributed by atoms with Gasteiger partial charge in [0.05, 0.1) is 13.5 Å². The number of carbonyl (C=O) groups excluding carboxylic acids is 2. The lowest BCUT2D eigenvalue weighted by molar-refractivity contribution is -0.143. The molecule has 0 saturated carbocycles. The predicted octanol–water partition coefficient (Wildman–Crippen LogP) is 3.46. The highest BCUT2D eigenvalue weighted by Crippen LogP contribution is 2.29. The van der Waals surface area contributed by atoms with Gasteiger partial charge in [-0.1, -0.05) is 42.1 Å². The third-order valence-corrected chi connectivity index (χ3v) is 4.33. The molecule has 7 heteroatoms. The van der Waals surface area contributed by atoms with Crippen LogP contribution in [0, 0.1) is 0 Å². The molecule has 0 aliphatic carbocycles. The smallest absolute Gasteiger partial charge is 0.319 e. The number of rotatable bonds is 6. The van der Waals surface area contributed by atoms with E-state index in [2.05, 4.69) is 4.98 Å². The van der Waals surface area contributed by atoms with Crippen LogP contribution in [0.2, 0.25) is 0 Å². The molecule has 1 heterocycles. The van der Waals surface area contributed by atoms with Crippen LogP contribution in [0.4, 0.5) is 0 Å². The Morgan fingerprint density at radius 2 is 1.84 bits per heavy atom. The number of hydrogen-bond donors (Lipinski definition) is 0. The van der Waals surface area contributed by atoms with Crippen molar-refractivity contribution in [1.82, 2.24) is 4.98 Å². The quantitative estimate of drug-likeness (QED) is 0.380. The Balaban J connectivity index is 1.71. The number of aromatic nitrogens is 1. The summed E-state index contributed by atoms with van der Waals surface area (Å²) in [5.41, 5.74) is 1.29. The summed E-state index contributed by atoms with van der Waals surface area (Å²) in [7, 11) is 1.27. The van der Waals surface area contributed by atoms with E-state index >= 15 is 0 Å². The van der Waals surface area contributed by atoms with Gasteiger partial charge < -0.3 is 13.9 Å². The van der Waals surface area contributed by atoms with E-state index in [-0.39, 0.29) is 6.42 Å². The molecule has 0 fully saturated rings. The minimum Gasteiger partial charge on any atom is -0.468 e. The number of hydrogen-bond acceptors (Lipinski definition) is 7. The van der Waals surface area contributed by atoms with Crippen LogP contribution in [0.25, 0.3) is 11.1 Å². The summed E-state index contributed by atoms with van der Waals surface area (Å²) in [5.74, 6) is -0.662. The van der Waals surface area contributed by atoms with E-state index in [4.69, 9.17) is 13.9 Å². The fourth-order valence-corrected chi connectivity index (χ4v) is 3.08. The van der Waals surface area contributed by atoms with Crippen molar-refractivity contribution in [2.45, 2.75) is 16.9 Å². The molecule has 25 heavy (non-hydrogen) atoms. The number of para-hydroxylation sites is 3. The van der Waals surface area contributed by atoms with Gasteiger partial charge >= 0.3 is 11.9 Å². The number of methoxy groups -OCH3 is 1. The maximum atomic E-state index is 12.1. The lowest BCUT2D eigenvalue weighted by Gasteiger charge is -2.11. The van der Waals surface area contributed by atoms with E-state index in [0.29, 0.717) is 22.1 Å². The average molecular weight is 357 g/mol. The van der Waals surface area contributed by atoms with Gasteiger partial charge in [0.15, 0.2) is 5.58 Å². The predicted molar refractivity (Wildman–Crippen MR) is 92.4 cm³/mol. The lowest BCUT2D eigenvalue weighted by atomic mass is 10.3. The van der Waals surface area contributed by atoms with Crippen molar-refractivity contribution in [3.8, 4) is 5.75 Å². The summed E-state index contributed by atoms with van der Waals surface area (Å²) in [6, 6.07) is 15.9. The van der Waals surface area contributed by atoms with Crippen molar-refractivity contribution < 1.29 is 23.5 Å². The molecule has 0 amide bonds. The first-order chi connectivity index (χ1) is 12.2. The molecule has 1 aromatic heterocycles. The van der Waals surface area contributed by atoms with Gasteiger partial charge in [-0.05, 0) is 24.3 Å². The summed E-state index contributed by atoms with van der Waals surface area (Å²) >= 11 is 1.03. The van der Waals surface area contributed by atoms with Crippen LogP contribution in [0.1, 0.15) is 6.42 Å². The maximum Gasteiger partial charge on any atom is 0.319 e. The number of benzene rings is 2. The van der Waals surface area contributed by atoms with Crippen molar-refractivity contribution >= 4 is 34.8 Å². The minimum absolute atomic E-state index is 0.162. The van der Waals surface area contributed by atoms with E-state index < -0.39 is 17.2 Å². The third kappa shape index (κ3) is 4.39. The lowest BCUT2D eigenvalue weighted by Crippen LogP contribution is -2.24. The van der Waals surface area contributed by atoms with Gasteiger partial charge in [-0.3, -0.25) is 9.59 Å². The molecule has 0 saturated heterocycles. The third-order valence-electron chi connectivity index (χ3n) is 3.31. The number of ether oxygens (including phenoxy) is 2. The zero-order chi connectivity index (χ0) is 17.6. The number of oxazole rings is 1. The molecule has 0 spiro atoms. The zero-order valence-corrected chi connectivity index (χ0v) is 14.2. The van der Waals surface area contributed by atoms with Gasteiger partial charge in [-0.15, -0.1) is 0 Å². The van der Waals surface area contributed by atoms with Gasteiger partial charge in [-0.2, -0.15) is 0 Å². The summed E-state index contributed by atoms with van der Waals surface area (Å²) in [6.45, 7) is 0. The Morgan fingerprint density at radius 3 is 2.56 bits per heavy atom. The monoisotopic (exact) mass is 357 g/mol. The van der Waals surface area contributed by atoms with Gasteiger partial charge in [0.25, 0.3) is 5.22 Å². The van der Waals surface area contributed by atoms with Crippen molar-refractivity contribution in [3.05, 3.63) is 54.6 Å². The fourth-order valence-electron chi connectivity index (χ4n) is 2.14. The second-order valence-electron chi connectivity index (χ2n) is 5.07. The minimum atomic E-state index is -0.811. The molecule has 6 nitrogen and oxygen atoms in total. The summed E-state index contributed by atoms with van der Waals surface area (Å²) in [6.07, 6.45) is -0.162. The summed E-state index contributed by atoms with van der Waals surface area (Å²) in [4.78, 5) is 28.4. The van der Waals surface area contributed by atoms with Gasteiger partial charge in [-0.25, -0.2) is 4.98 Å². The molecule has 0 N–H and O–H groups in total. The number of esters is 2. The van der Waals surface area contributed by atoms with E-state index in [1.807, 2.05) is 18.2 Å². The molecule has 0 bridgehead atoms. The van der Waals surface area contributed by atoms with Crippen LogP contribution in [0.15, 0.2) is 64.2 Å². The van der Waals surface area contributed by atoms with Crippen LogP contribution in [0.5, 0.6) is 5.75 Å². The number of carbonyl (C=O) groups is 2. The first-order valence-electron chi connectivity index (χ1n) is 7.51. The van der Waals surface area contributed by atoms with Crippen molar-refractivity contribution in [2.75, 3.05) is 7.11 Å². The summed E-state index contributed by atoms with van der Waals surface area (Å²) < 4.78 is 15.6. The molecule has 2 aromatic carbocycles. The second kappa shape index (κ2) is 7.85. The molecule has 1 unspecified atom stereocenters. The SMILES string of the molecule is COC(=O)C(CC(=O)Oc1ccccc1)Sc1nc2ccccc2o1. The average Bonchev–Trinajstić information content (AvgIpc) is 3.03. The standard InChI is InChI=1S/C18H15NO5S/c1-22-17(21)15(11-16(20)23-12-7-3-2-4-8-12)25-18-19-13-9-5-6-10-14(13)24-18/h2-10,15H,11H2,1H3. The topological polar surface area (TPSA) is 78.6 Å². The summed E-state index contributed by atoms with van der Waals surface area (Å²) in [5, 5.41) is -0.515. The second-order valence-corrected chi connectivity index (χ2v) is 6.22. The zero-order valence-electron chi connectivity index (χ0n) is 13.4. The van der Waals surface area contributed by atoms with Crippen LogP contribution >= 0.6 is 11.8 Å². The Kier molecular flexibility index (Phi) is 5.35. The largest absolute Gasteiger partial charge is 0.468 e. The number of nitrogens with zero attached hydrogens (tertiary/aromatic N) is 1. The van der Waals surface area contributed by atoms with Crippen LogP contribution < -0.4 is 4.74 Å². The van der Waals surface area contributed by atoms with E-state index in [1.165, 1.54) is 7.11 Å². The normalized spacial score (nSPS) is 11.9. The number of thioether (sulfide) groups is 1. The molecule has 0 aliphatic rings. The Hall–Kier alpha value is -2.80. The van der Waals surface area contributed by atoms with Crippen LogP contribution in [0.3, 0.4) is 0 Å². The first-order valence-corrected chi connectivity index (χ1v) is 8.39. The van der Waals surface area contributed by atoms with Crippen molar-refractivity contribution in [2.24, 2.45) is 0 Å². The molecular formula is C18H15NO5S. The Labute approximate surface area is 148 Å². The van der Waals surface area contributed by atoms with E-state index in [9.17, 15) is 9.59 Å². The van der Waals surface area contributed by atoms with E-state index in [0.717, 1.165) is 11.8 Å². The fraction of sp³-hybridized carbons (Fsp3) is 0.167. The van der Waals surface area contributed by atoms with Crippen LogP contribution in [-0.4, -0.2) is 29.3 Å². The van der Waals surface area contributed by atoms with Gasteiger partial charge in [0.2, 0.25) is 0 Å². The molecular weight excluding hydrogens is 342 g/mol. The molecule has 128 valence electrons. The number of fused-ring (bicyclic) bond motifs is 1. The van der Waals surface area contributed by atoms with Crippen molar-refractivity contribution in [3.63, 3.8) is 0 Å². The first kappa shape index (κ1) is 17.0. The highest BCUT2D eigenvalue weighted by Gasteiger charge is 2.27. The highest BCUT2D eigenvalue weighted by molar-refractivity contribution is 8.00. The molecule has 3 aromatic rings. The highest BCUT2D eigenvalue weighted by atomic mass is 32.2. The molecule has 3 rings (SSSR count). The molecule has 0 radical (unpaired) electrons.